The topological polar surface area (TPSA) is 101 Å². The highest BCUT2D eigenvalue weighted by Crippen LogP contribution is 2.27. The number of carbonyl (C=O) groups is 2. The maximum Gasteiger partial charge on any atom is 0.289 e. The molecule has 0 aromatic heterocycles. The molecule has 0 saturated heterocycles. The van der Waals surface area contributed by atoms with Gasteiger partial charge in [0.1, 0.15) is 5.02 Å². The van der Waals surface area contributed by atoms with Crippen LogP contribution in [0.2, 0.25) is 5.02 Å². The second-order valence-electron chi connectivity index (χ2n) is 4.97. The number of nitro benzene ring substituents is 1. The van der Waals surface area contributed by atoms with E-state index in [1.165, 1.54) is 36.9 Å². The summed E-state index contributed by atoms with van der Waals surface area (Å²) in [5.41, 5.74) is 0.721. The van der Waals surface area contributed by atoms with Crippen LogP contribution in [0.15, 0.2) is 47.4 Å². The van der Waals surface area contributed by atoms with Crippen LogP contribution in [0.1, 0.15) is 6.92 Å². The summed E-state index contributed by atoms with van der Waals surface area (Å²) in [7, 11) is 0. The van der Waals surface area contributed by atoms with Crippen LogP contribution < -0.4 is 10.6 Å². The van der Waals surface area contributed by atoms with Crippen molar-refractivity contribution in [1.29, 1.82) is 0 Å². The van der Waals surface area contributed by atoms with Gasteiger partial charge in [0, 0.05) is 29.3 Å². The Morgan fingerprint density at radius 3 is 2.36 bits per heavy atom. The predicted molar refractivity (Wildman–Crippen MR) is 98.2 cm³/mol. The lowest BCUT2D eigenvalue weighted by Crippen LogP contribution is -2.14. The number of rotatable bonds is 6. The van der Waals surface area contributed by atoms with Crippen molar-refractivity contribution in [3.8, 4) is 0 Å². The van der Waals surface area contributed by atoms with Gasteiger partial charge in [-0.1, -0.05) is 11.6 Å². The summed E-state index contributed by atoms with van der Waals surface area (Å²) < 4.78 is 0. The second-order valence-corrected chi connectivity index (χ2v) is 6.42. The third-order valence-corrected chi connectivity index (χ3v) is 4.30. The van der Waals surface area contributed by atoms with E-state index in [0.29, 0.717) is 11.4 Å². The number of hydrogen-bond acceptors (Lipinski definition) is 5. The molecular weight excluding hydrogens is 366 g/mol. The van der Waals surface area contributed by atoms with Gasteiger partial charge in [-0.15, -0.1) is 11.8 Å². The number of nitro groups is 1. The Hall–Kier alpha value is -2.58. The first kappa shape index (κ1) is 18.8. The monoisotopic (exact) mass is 379 g/mol. The fraction of sp³-hybridized carbons (Fsp3) is 0.125. The molecule has 0 fully saturated rings. The number of carbonyl (C=O) groups excluding carboxylic acids is 2. The SMILES string of the molecule is CC(=O)Nc1ccc(SCC(=O)Nc2ccc(Cl)c([N+](=O)[O-])c2)cc1. The zero-order valence-electron chi connectivity index (χ0n) is 13.1. The molecule has 130 valence electrons. The van der Waals surface area contributed by atoms with Crippen molar-refractivity contribution in [3.05, 3.63) is 57.6 Å². The van der Waals surface area contributed by atoms with Crippen molar-refractivity contribution in [3.63, 3.8) is 0 Å². The molecule has 0 aliphatic carbocycles. The zero-order valence-corrected chi connectivity index (χ0v) is 14.7. The Bertz CT molecular complexity index is 812. The zero-order chi connectivity index (χ0) is 18.4. The maximum absolute atomic E-state index is 12.0. The summed E-state index contributed by atoms with van der Waals surface area (Å²) in [6.45, 7) is 1.42. The summed E-state index contributed by atoms with van der Waals surface area (Å²) in [5.74, 6) is -0.319. The molecule has 0 saturated carbocycles. The summed E-state index contributed by atoms with van der Waals surface area (Å²) in [5, 5.41) is 16.1. The van der Waals surface area contributed by atoms with Crippen molar-refractivity contribution in [2.24, 2.45) is 0 Å². The van der Waals surface area contributed by atoms with Crippen LogP contribution in [0.3, 0.4) is 0 Å². The van der Waals surface area contributed by atoms with E-state index in [9.17, 15) is 19.7 Å². The van der Waals surface area contributed by atoms with Crippen molar-refractivity contribution >= 4 is 52.2 Å². The number of anilines is 2. The van der Waals surface area contributed by atoms with Gasteiger partial charge in [0.2, 0.25) is 11.8 Å². The summed E-state index contributed by atoms with van der Waals surface area (Å²) >= 11 is 7.03. The molecule has 0 spiro atoms. The number of hydrogen-bond donors (Lipinski definition) is 2. The van der Waals surface area contributed by atoms with Gasteiger partial charge in [-0.25, -0.2) is 0 Å². The fourth-order valence-corrected chi connectivity index (χ4v) is 2.80. The molecule has 2 amide bonds. The molecule has 0 radical (unpaired) electrons. The largest absolute Gasteiger partial charge is 0.326 e. The van der Waals surface area contributed by atoms with Gasteiger partial charge in [-0.05, 0) is 36.4 Å². The first-order valence-electron chi connectivity index (χ1n) is 7.09. The smallest absolute Gasteiger partial charge is 0.289 e. The van der Waals surface area contributed by atoms with E-state index in [-0.39, 0.29) is 28.3 Å². The highest BCUT2D eigenvalue weighted by Gasteiger charge is 2.14. The van der Waals surface area contributed by atoms with E-state index in [1.807, 2.05) is 0 Å². The first-order chi connectivity index (χ1) is 11.8. The van der Waals surface area contributed by atoms with Crippen LogP contribution >= 0.6 is 23.4 Å². The van der Waals surface area contributed by atoms with Gasteiger partial charge in [-0.2, -0.15) is 0 Å². The second kappa shape index (κ2) is 8.50. The van der Waals surface area contributed by atoms with Crippen LogP contribution in [-0.2, 0) is 9.59 Å². The van der Waals surface area contributed by atoms with Gasteiger partial charge >= 0.3 is 0 Å². The van der Waals surface area contributed by atoms with Gasteiger partial charge in [-0.3, -0.25) is 19.7 Å². The third-order valence-electron chi connectivity index (χ3n) is 2.97. The molecule has 2 rings (SSSR count). The maximum atomic E-state index is 12.0. The van der Waals surface area contributed by atoms with Gasteiger partial charge in [0.15, 0.2) is 0 Å². The highest BCUT2D eigenvalue weighted by molar-refractivity contribution is 8.00. The normalized spacial score (nSPS) is 10.2. The first-order valence-corrected chi connectivity index (χ1v) is 8.46. The minimum absolute atomic E-state index is 0.0108. The van der Waals surface area contributed by atoms with Crippen molar-refractivity contribution in [1.82, 2.24) is 0 Å². The molecule has 9 heteroatoms. The Balaban J connectivity index is 1.91. The van der Waals surface area contributed by atoms with E-state index in [1.54, 1.807) is 24.3 Å². The molecule has 2 aromatic rings. The predicted octanol–water partition coefficient (Wildman–Crippen LogP) is 3.94. The van der Waals surface area contributed by atoms with Crippen LogP contribution in [0.25, 0.3) is 0 Å². The summed E-state index contributed by atoms with van der Waals surface area (Å²) in [6.07, 6.45) is 0. The lowest BCUT2D eigenvalue weighted by Gasteiger charge is -2.07. The lowest BCUT2D eigenvalue weighted by atomic mass is 10.3. The number of halogens is 1. The summed E-state index contributed by atoms with van der Waals surface area (Å²) in [6, 6.07) is 11.1. The number of nitrogens with zero attached hydrogens (tertiary/aromatic N) is 1. The number of thioether (sulfide) groups is 1. The third kappa shape index (κ3) is 5.77. The minimum Gasteiger partial charge on any atom is -0.326 e. The van der Waals surface area contributed by atoms with Crippen LogP contribution in [-0.4, -0.2) is 22.5 Å². The molecule has 2 N–H and O–H groups in total. The fourth-order valence-electron chi connectivity index (χ4n) is 1.91. The summed E-state index contributed by atoms with van der Waals surface area (Å²) in [4.78, 5) is 34.0. The van der Waals surface area contributed by atoms with Gasteiger partial charge in [0.05, 0.1) is 10.7 Å². The van der Waals surface area contributed by atoms with Crippen LogP contribution in [0, 0.1) is 10.1 Å². The Kier molecular flexibility index (Phi) is 6.37. The molecule has 7 nitrogen and oxygen atoms in total. The van der Waals surface area contributed by atoms with Crippen molar-refractivity contribution < 1.29 is 14.5 Å². The molecule has 0 bridgehead atoms. The Morgan fingerprint density at radius 2 is 1.76 bits per heavy atom. The Labute approximate surface area is 152 Å². The highest BCUT2D eigenvalue weighted by atomic mass is 35.5. The average molecular weight is 380 g/mol. The van der Waals surface area contributed by atoms with Gasteiger partial charge in [0.25, 0.3) is 5.69 Å². The van der Waals surface area contributed by atoms with Crippen molar-refractivity contribution in [2.75, 3.05) is 16.4 Å². The molecule has 0 aliphatic rings. The van der Waals surface area contributed by atoms with E-state index in [0.717, 1.165) is 4.90 Å². The number of amides is 2. The van der Waals surface area contributed by atoms with E-state index in [2.05, 4.69) is 10.6 Å². The van der Waals surface area contributed by atoms with Crippen molar-refractivity contribution in [2.45, 2.75) is 11.8 Å². The van der Waals surface area contributed by atoms with Crippen LogP contribution in [0.5, 0.6) is 0 Å². The molecule has 0 unspecified atom stereocenters. The quantitative estimate of drug-likeness (QED) is 0.449. The molecular formula is C16H14ClN3O4S. The average Bonchev–Trinajstić information content (AvgIpc) is 2.55. The standard InChI is InChI=1S/C16H14ClN3O4S/c1-10(21)18-11-2-5-13(6-3-11)25-9-16(22)19-12-4-7-14(17)15(8-12)20(23)24/h2-8H,9H2,1H3,(H,18,21)(H,19,22). The molecule has 0 aliphatic heterocycles. The number of nitrogens with one attached hydrogen (secondary N) is 2. The lowest BCUT2D eigenvalue weighted by molar-refractivity contribution is -0.384. The molecule has 0 heterocycles. The van der Waals surface area contributed by atoms with E-state index < -0.39 is 4.92 Å². The molecule has 25 heavy (non-hydrogen) atoms. The van der Waals surface area contributed by atoms with E-state index in [4.69, 9.17) is 11.6 Å². The Morgan fingerprint density at radius 1 is 1.12 bits per heavy atom. The molecule has 0 atom stereocenters. The van der Waals surface area contributed by atoms with E-state index >= 15 is 0 Å². The number of benzene rings is 2. The van der Waals surface area contributed by atoms with Crippen LogP contribution in [0.4, 0.5) is 17.1 Å². The molecule has 2 aromatic carbocycles. The van der Waals surface area contributed by atoms with Gasteiger partial charge < -0.3 is 10.6 Å². The minimum atomic E-state index is -0.608.